The second-order valence-electron chi connectivity index (χ2n) is 5.78. The Labute approximate surface area is 111 Å². The van der Waals surface area contributed by atoms with Crippen LogP contribution in [0.3, 0.4) is 0 Å². The Morgan fingerprint density at radius 1 is 1.37 bits per heavy atom. The predicted molar refractivity (Wildman–Crippen MR) is 64.8 cm³/mol. The van der Waals surface area contributed by atoms with Gasteiger partial charge in [-0.05, 0) is 33.7 Å². The summed E-state index contributed by atoms with van der Waals surface area (Å²) in [7, 11) is 0. The zero-order valence-corrected chi connectivity index (χ0v) is 11.4. The summed E-state index contributed by atoms with van der Waals surface area (Å²) in [4.78, 5) is 11.4. The maximum Gasteiger partial charge on any atom is 0.407 e. The van der Waals surface area contributed by atoms with Gasteiger partial charge in [0.25, 0.3) is 0 Å². The van der Waals surface area contributed by atoms with Gasteiger partial charge in [-0.3, -0.25) is 0 Å². The van der Waals surface area contributed by atoms with Gasteiger partial charge in [0.15, 0.2) is 0 Å². The van der Waals surface area contributed by atoms with Gasteiger partial charge in [0.2, 0.25) is 0 Å². The number of halogens is 3. The van der Waals surface area contributed by atoms with Crippen LogP contribution in [0.4, 0.5) is 18.0 Å². The monoisotopic (exact) mass is 282 g/mol. The van der Waals surface area contributed by atoms with Gasteiger partial charge in [-0.25, -0.2) is 4.79 Å². The molecule has 0 unspecified atom stereocenters. The minimum atomic E-state index is -4.22. The first-order valence-corrected chi connectivity index (χ1v) is 6.34. The number of hydrogen-bond donors (Lipinski definition) is 2. The fraction of sp³-hybridized carbons (Fsp3) is 0.917. The maximum atomic E-state index is 12.8. The zero-order chi connectivity index (χ0) is 14.7. The molecule has 1 heterocycles. The topological polar surface area (TPSA) is 50.4 Å². The van der Waals surface area contributed by atoms with Crippen LogP contribution in [-0.4, -0.2) is 37.5 Å². The molecule has 1 amide bonds. The van der Waals surface area contributed by atoms with Gasteiger partial charge in [0, 0.05) is 19.0 Å². The van der Waals surface area contributed by atoms with E-state index in [9.17, 15) is 18.0 Å². The number of alkyl halides is 3. The average molecular weight is 282 g/mol. The molecule has 0 aliphatic carbocycles. The van der Waals surface area contributed by atoms with Crippen molar-refractivity contribution in [3.63, 3.8) is 0 Å². The molecule has 4 nitrogen and oxygen atoms in total. The molecule has 0 spiro atoms. The Hall–Kier alpha value is -0.980. The fourth-order valence-corrected chi connectivity index (χ4v) is 2.10. The number of ether oxygens (including phenoxy) is 1. The molecule has 0 aromatic heterocycles. The van der Waals surface area contributed by atoms with Gasteiger partial charge >= 0.3 is 12.3 Å². The van der Waals surface area contributed by atoms with Crippen molar-refractivity contribution in [1.82, 2.24) is 10.6 Å². The van der Waals surface area contributed by atoms with Crippen LogP contribution < -0.4 is 10.6 Å². The largest absolute Gasteiger partial charge is 0.444 e. The van der Waals surface area contributed by atoms with Gasteiger partial charge in [0.1, 0.15) is 5.60 Å². The molecule has 0 saturated carbocycles. The lowest BCUT2D eigenvalue weighted by atomic mass is 9.86. The van der Waals surface area contributed by atoms with Crippen molar-refractivity contribution in [3.05, 3.63) is 0 Å². The van der Waals surface area contributed by atoms with E-state index in [-0.39, 0.29) is 19.5 Å². The van der Waals surface area contributed by atoms with Crippen LogP contribution in [-0.2, 0) is 4.74 Å². The number of piperidine rings is 1. The Kier molecular flexibility index (Phi) is 5.06. The maximum absolute atomic E-state index is 12.8. The molecule has 2 atom stereocenters. The Balaban J connectivity index is 2.48. The molecule has 1 rings (SSSR count). The molecule has 1 fully saturated rings. The van der Waals surface area contributed by atoms with Gasteiger partial charge in [-0.15, -0.1) is 0 Å². The third kappa shape index (κ3) is 5.67. The van der Waals surface area contributed by atoms with Crippen LogP contribution in [0.1, 0.15) is 27.2 Å². The van der Waals surface area contributed by atoms with E-state index in [1.807, 2.05) is 0 Å². The number of alkyl carbamates (subject to hydrolysis) is 1. The molecular weight excluding hydrogens is 261 g/mol. The third-order valence-corrected chi connectivity index (χ3v) is 2.94. The zero-order valence-electron chi connectivity index (χ0n) is 11.4. The van der Waals surface area contributed by atoms with E-state index in [1.54, 1.807) is 20.8 Å². The highest BCUT2D eigenvalue weighted by Gasteiger charge is 2.45. The number of carbonyl (C=O) groups is 1. The van der Waals surface area contributed by atoms with Gasteiger partial charge < -0.3 is 15.4 Å². The highest BCUT2D eigenvalue weighted by Crippen LogP contribution is 2.35. The summed E-state index contributed by atoms with van der Waals surface area (Å²) in [6, 6.07) is 0. The van der Waals surface area contributed by atoms with E-state index in [0.29, 0.717) is 6.54 Å². The molecule has 0 aromatic rings. The lowest BCUT2D eigenvalue weighted by Crippen LogP contribution is -2.48. The molecule has 0 aromatic carbocycles. The van der Waals surface area contributed by atoms with E-state index in [4.69, 9.17) is 4.74 Å². The first-order valence-electron chi connectivity index (χ1n) is 6.34. The molecular formula is C12H21F3N2O2. The predicted octanol–water partition coefficient (Wildman–Crippen LogP) is 2.30. The van der Waals surface area contributed by atoms with Crippen LogP contribution in [0.25, 0.3) is 0 Å². The SMILES string of the molecule is CC(C)(C)OC(=O)NC[C@@H]1CNCC[C@H]1C(F)(F)F. The van der Waals surface area contributed by atoms with Crippen molar-refractivity contribution in [3.8, 4) is 0 Å². The summed E-state index contributed by atoms with van der Waals surface area (Å²) in [5.74, 6) is -2.02. The quantitative estimate of drug-likeness (QED) is 0.817. The second-order valence-corrected chi connectivity index (χ2v) is 5.78. The van der Waals surface area contributed by atoms with Crippen molar-refractivity contribution >= 4 is 6.09 Å². The molecule has 19 heavy (non-hydrogen) atoms. The fourth-order valence-electron chi connectivity index (χ4n) is 2.10. The summed E-state index contributed by atoms with van der Waals surface area (Å²) >= 11 is 0. The smallest absolute Gasteiger partial charge is 0.407 e. The Bertz CT molecular complexity index is 313. The van der Waals surface area contributed by atoms with Crippen molar-refractivity contribution in [1.29, 1.82) is 0 Å². The van der Waals surface area contributed by atoms with Crippen LogP contribution in [0.15, 0.2) is 0 Å². The molecule has 0 radical (unpaired) electrons. The number of hydrogen-bond acceptors (Lipinski definition) is 3. The highest BCUT2D eigenvalue weighted by molar-refractivity contribution is 5.67. The van der Waals surface area contributed by atoms with Gasteiger partial charge in [0.05, 0.1) is 5.92 Å². The van der Waals surface area contributed by atoms with E-state index in [1.165, 1.54) is 0 Å². The van der Waals surface area contributed by atoms with Crippen molar-refractivity contribution in [2.24, 2.45) is 11.8 Å². The minimum Gasteiger partial charge on any atom is -0.444 e. The van der Waals surface area contributed by atoms with E-state index >= 15 is 0 Å². The number of rotatable bonds is 2. The summed E-state index contributed by atoms with van der Waals surface area (Å²) in [5, 5.41) is 5.33. The van der Waals surface area contributed by atoms with Gasteiger partial charge in [-0.1, -0.05) is 0 Å². The first-order chi connectivity index (χ1) is 8.59. The number of nitrogens with one attached hydrogen (secondary N) is 2. The van der Waals surface area contributed by atoms with Crippen LogP contribution in [0.5, 0.6) is 0 Å². The summed E-state index contributed by atoms with van der Waals surface area (Å²) in [5.41, 5.74) is -0.654. The summed E-state index contributed by atoms with van der Waals surface area (Å²) in [6.07, 6.45) is -4.86. The molecule has 112 valence electrons. The minimum absolute atomic E-state index is 0.0356. The first kappa shape index (κ1) is 16.1. The van der Waals surface area contributed by atoms with Gasteiger partial charge in [-0.2, -0.15) is 13.2 Å². The summed E-state index contributed by atoms with van der Waals surface area (Å²) < 4.78 is 43.4. The van der Waals surface area contributed by atoms with E-state index in [0.717, 1.165) is 0 Å². The van der Waals surface area contributed by atoms with E-state index in [2.05, 4.69) is 10.6 Å². The van der Waals surface area contributed by atoms with Crippen molar-refractivity contribution in [2.45, 2.75) is 39.0 Å². The second kappa shape index (κ2) is 5.98. The van der Waals surface area contributed by atoms with Crippen LogP contribution in [0.2, 0.25) is 0 Å². The lowest BCUT2D eigenvalue weighted by Gasteiger charge is -2.33. The van der Waals surface area contributed by atoms with Crippen LogP contribution >= 0.6 is 0 Å². The highest BCUT2D eigenvalue weighted by atomic mass is 19.4. The molecule has 7 heteroatoms. The number of carbonyl (C=O) groups excluding carboxylic acids is 1. The third-order valence-electron chi connectivity index (χ3n) is 2.94. The summed E-state index contributed by atoms with van der Waals surface area (Å²) in [6.45, 7) is 5.67. The molecule has 1 aliphatic heterocycles. The van der Waals surface area contributed by atoms with Crippen molar-refractivity contribution in [2.75, 3.05) is 19.6 Å². The standard InChI is InChI=1S/C12H21F3N2O2/c1-11(2,3)19-10(18)17-7-8-6-16-5-4-9(8)12(13,14)15/h8-9,16H,4-7H2,1-3H3,(H,17,18)/t8-,9+/m0/s1. The molecule has 1 aliphatic rings. The lowest BCUT2D eigenvalue weighted by molar-refractivity contribution is -0.193. The Morgan fingerprint density at radius 3 is 2.53 bits per heavy atom. The number of amides is 1. The van der Waals surface area contributed by atoms with E-state index < -0.39 is 29.7 Å². The normalized spacial score (nSPS) is 24.9. The molecule has 1 saturated heterocycles. The van der Waals surface area contributed by atoms with Crippen molar-refractivity contribution < 1.29 is 22.7 Å². The molecule has 2 N–H and O–H groups in total. The molecule has 0 bridgehead atoms. The Morgan fingerprint density at radius 2 is 2.00 bits per heavy atom. The van der Waals surface area contributed by atoms with Crippen LogP contribution in [0, 0.1) is 11.8 Å². The average Bonchev–Trinajstić information content (AvgIpc) is 2.23.